The number of aliphatic hydroxyl groups excluding tert-OH is 3. The molecule has 3 rings (SSSR count). The summed E-state index contributed by atoms with van der Waals surface area (Å²) in [6, 6.07) is 12.4. The van der Waals surface area contributed by atoms with Crippen molar-refractivity contribution in [3.63, 3.8) is 0 Å². The van der Waals surface area contributed by atoms with E-state index in [1.54, 1.807) is 31.4 Å². The predicted octanol–water partition coefficient (Wildman–Crippen LogP) is 3.54. The fourth-order valence-electron chi connectivity index (χ4n) is 2.58. The van der Waals surface area contributed by atoms with Crippen molar-refractivity contribution in [3.05, 3.63) is 71.0 Å². The van der Waals surface area contributed by atoms with E-state index in [4.69, 9.17) is 16.0 Å². The number of anilines is 1. The van der Waals surface area contributed by atoms with Crippen LogP contribution in [-0.2, 0) is 0 Å². The lowest BCUT2D eigenvalue weighted by Gasteiger charge is -2.21. The van der Waals surface area contributed by atoms with Crippen molar-refractivity contribution in [2.45, 2.75) is 0 Å². The molecule has 0 saturated carbocycles. The second-order valence-electron chi connectivity index (χ2n) is 5.64. The van der Waals surface area contributed by atoms with Gasteiger partial charge >= 0.3 is 0 Å². The van der Waals surface area contributed by atoms with Crippen LogP contribution in [0.2, 0.25) is 0 Å². The first-order chi connectivity index (χ1) is 12.9. The third kappa shape index (κ3) is 3.38. The van der Waals surface area contributed by atoms with Crippen LogP contribution in [0.1, 0.15) is 5.56 Å². The first-order valence-corrected chi connectivity index (χ1v) is 7.77. The summed E-state index contributed by atoms with van der Waals surface area (Å²) in [5, 5.41) is 46.1. The van der Waals surface area contributed by atoms with E-state index in [0.29, 0.717) is 17.0 Å². The molecule has 9 nitrogen and oxygen atoms in total. The van der Waals surface area contributed by atoms with Crippen LogP contribution < -0.4 is 15.9 Å². The zero-order chi connectivity index (χ0) is 19.6. The largest absolute Gasteiger partial charge is 0.503 e. The van der Waals surface area contributed by atoms with Crippen molar-refractivity contribution in [3.8, 4) is 16.9 Å². The van der Waals surface area contributed by atoms with Crippen molar-refractivity contribution in [1.29, 1.82) is 5.41 Å². The highest BCUT2D eigenvalue weighted by molar-refractivity contribution is 5.99. The number of nitrogens with zero attached hydrogens (tertiary/aromatic N) is 2. The van der Waals surface area contributed by atoms with Crippen molar-refractivity contribution in [2.75, 3.05) is 12.4 Å². The van der Waals surface area contributed by atoms with Crippen molar-refractivity contribution < 1.29 is 20.1 Å². The molecule has 7 N–H and O–H groups in total. The van der Waals surface area contributed by atoms with Crippen molar-refractivity contribution in [1.82, 2.24) is 0 Å². The molecule has 0 spiro atoms. The van der Waals surface area contributed by atoms with Gasteiger partial charge in [0.15, 0.2) is 17.4 Å². The Balaban J connectivity index is 2.05. The summed E-state index contributed by atoms with van der Waals surface area (Å²) in [6.45, 7) is 0. The fourth-order valence-corrected chi connectivity index (χ4v) is 2.58. The molecular formula is C18H17N5O4. The van der Waals surface area contributed by atoms with E-state index in [1.165, 1.54) is 0 Å². The highest BCUT2D eigenvalue weighted by Crippen LogP contribution is 2.33. The minimum atomic E-state index is -0.577. The Morgan fingerprint density at radius 3 is 2.48 bits per heavy atom. The van der Waals surface area contributed by atoms with Gasteiger partial charge in [-0.25, -0.2) is 0 Å². The van der Waals surface area contributed by atoms with Gasteiger partial charge in [-0.2, -0.15) is 0 Å². The molecule has 0 fully saturated rings. The Kier molecular flexibility index (Phi) is 4.67. The maximum Gasteiger partial charge on any atom is 0.205 e. The lowest BCUT2D eigenvalue weighted by molar-refractivity contribution is 0.257. The van der Waals surface area contributed by atoms with E-state index >= 15 is 0 Å². The number of ether oxygens (including phenoxy) is 1. The third-order valence-corrected chi connectivity index (χ3v) is 3.96. The van der Waals surface area contributed by atoms with Crippen LogP contribution in [0.4, 0.5) is 5.69 Å². The molecule has 0 radical (unpaired) electrons. The Morgan fingerprint density at radius 2 is 1.81 bits per heavy atom. The molecule has 9 heteroatoms. The summed E-state index contributed by atoms with van der Waals surface area (Å²) in [6.07, 6.45) is 0. The zero-order valence-corrected chi connectivity index (χ0v) is 14.3. The number of rotatable bonds is 5. The van der Waals surface area contributed by atoms with Crippen LogP contribution in [-0.4, -0.2) is 28.3 Å². The number of hydrogen-bond acceptors (Lipinski definition) is 7. The molecule has 2 aromatic carbocycles. The molecule has 0 aromatic heterocycles. The number of nitrogens with two attached hydrogens (primary N) is 1. The van der Waals surface area contributed by atoms with Gasteiger partial charge in [0.2, 0.25) is 5.76 Å². The van der Waals surface area contributed by atoms with Crippen molar-refractivity contribution in [2.24, 2.45) is 16.2 Å². The van der Waals surface area contributed by atoms with E-state index in [9.17, 15) is 15.3 Å². The molecule has 138 valence electrons. The van der Waals surface area contributed by atoms with E-state index in [2.05, 4.69) is 15.7 Å². The second-order valence-corrected chi connectivity index (χ2v) is 5.64. The molecule has 0 atom stereocenters. The molecule has 2 aromatic rings. The molecule has 0 aliphatic heterocycles. The van der Waals surface area contributed by atoms with Crippen LogP contribution in [0.5, 0.6) is 5.75 Å². The van der Waals surface area contributed by atoms with E-state index in [1.807, 2.05) is 18.2 Å². The van der Waals surface area contributed by atoms with Crippen LogP contribution in [0.25, 0.3) is 11.1 Å². The first kappa shape index (κ1) is 17.8. The van der Waals surface area contributed by atoms with Gasteiger partial charge in [-0.05, 0) is 41.5 Å². The van der Waals surface area contributed by atoms with Gasteiger partial charge < -0.3 is 31.2 Å². The van der Waals surface area contributed by atoms with E-state index in [0.717, 1.165) is 11.1 Å². The number of methoxy groups -OCH3 is 1. The number of amidine groups is 1. The molecule has 0 bridgehead atoms. The molecule has 0 unspecified atom stereocenters. The minimum absolute atomic E-state index is 0.0202. The molecular weight excluding hydrogens is 350 g/mol. The number of aliphatic hydroxyl groups is 3. The summed E-state index contributed by atoms with van der Waals surface area (Å²) >= 11 is 0. The topological polar surface area (TPSA) is 157 Å². The quantitative estimate of drug-likeness (QED) is 0.156. The van der Waals surface area contributed by atoms with Crippen LogP contribution in [0, 0.1) is 5.41 Å². The van der Waals surface area contributed by atoms with Crippen LogP contribution in [0.3, 0.4) is 0 Å². The lowest BCUT2D eigenvalue weighted by atomic mass is 10.0. The highest BCUT2D eigenvalue weighted by Gasteiger charge is 2.29. The SMILES string of the molecule is COc1cccc(-c2cc(NC3=C(O)C(O)=C3O)cc(C(=N)N=NN)c2)c1. The lowest BCUT2D eigenvalue weighted by Crippen LogP contribution is -2.18. The molecule has 27 heavy (non-hydrogen) atoms. The average Bonchev–Trinajstić information content (AvgIpc) is 2.71. The van der Waals surface area contributed by atoms with Crippen molar-refractivity contribution >= 4 is 11.5 Å². The zero-order valence-electron chi connectivity index (χ0n) is 14.3. The van der Waals surface area contributed by atoms with Gasteiger partial charge in [0.25, 0.3) is 0 Å². The third-order valence-electron chi connectivity index (χ3n) is 3.96. The first-order valence-electron chi connectivity index (χ1n) is 7.77. The average molecular weight is 367 g/mol. The highest BCUT2D eigenvalue weighted by atomic mass is 16.5. The maximum atomic E-state index is 9.67. The van der Waals surface area contributed by atoms with Gasteiger partial charge in [0, 0.05) is 11.3 Å². The van der Waals surface area contributed by atoms with Gasteiger partial charge in [-0.3, -0.25) is 5.41 Å². The Morgan fingerprint density at radius 1 is 1.04 bits per heavy atom. The summed E-state index contributed by atoms with van der Waals surface area (Å²) in [5.74, 6) is 4.06. The van der Waals surface area contributed by atoms with E-state index in [-0.39, 0.29) is 11.5 Å². The Labute approximate surface area is 154 Å². The smallest absolute Gasteiger partial charge is 0.205 e. The molecule has 1 aliphatic carbocycles. The van der Waals surface area contributed by atoms with Crippen LogP contribution in [0.15, 0.2) is 75.8 Å². The standard InChI is InChI=1S/C18H17N5O4/c1-27-13-4-2-3-9(8-13)10-5-11(18(19)22-23-20)7-12(6-10)21-14-15(24)17(26)16(14)25/h2-8,21,24-26H,1H3,(H3,19,20,22). The summed E-state index contributed by atoms with van der Waals surface area (Å²) in [7, 11) is 1.56. The van der Waals surface area contributed by atoms with Crippen LogP contribution >= 0.6 is 0 Å². The minimum Gasteiger partial charge on any atom is -0.503 e. The molecule has 0 saturated heterocycles. The van der Waals surface area contributed by atoms with Gasteiger partial charge in [-0.1, -0.05) is 17.4 Å². The normalized spacial score (nSPS) is 13.7. The second kappa shape index (κ2) is 7.08. The van der Waals surface area contributed by atoms with Gasteiger partial charge in [0.1, 0.15) is 11.4 Å². The van der Waals surface area contributed by atoms with Gasteiger partial charge in [-0.15, -0.1) is 5.11 Å². The summed E-state index contributed by atoms with van der Waals surface area (Å²) in [4.78, 5) is 0. The monoisotopic (exact) mass is 367 g/mol. The Hall–Kier alpha value is -4.01. The maximum absolute atomic E-state index is 9.67. The number of hydrogen-bond donors (Lipinski definition) is 6. The van der Waals surface area contributed by atoms with E-state index < -0.39 is 17.3 Å². The number of nitrogens with one attached hydrogen (secondary N) is 2. The molecule has 0 amide bonds. The Bertz CT molecular complexity index is 1010. The summed E-state index contributed by atoms with van der Waals surface area (Å²) < 4.78 is 5.24. The molecule has 1 aliphatic rings. The summed E-state index contributed by atoms with van der Waals surface area (Å²) in [5.41, 5.74) is 2.36. The number of benzene rings is 2. The fraction of sp³-hybridized carbons (Fsp3) is 0.0556. The predicted molar refractivity (Wildman–Crippen MR) is 99.9 cm³/mol. The van der Waals surface area contributed by atoms with Gasteiger partial charge in [0.05, 0.1) is 7.11 Å². The molecule has 0 heterocycles.